The van der Waals surface area contributed by atoms with Crippen LogP contribution < -0.4 is 15.1 Å². The van der Waals surface area contributed by atoms with E-state index in [4.69, 9.17) is 13.9 Å². The predicted octanol–water partition coefficient (Wildman–Crippen LogP) is 3.57. The topological polar surface area (TPSA) is 45.6 Å². The van der Waals surface area contributed by atoms with Gasteiger partial charge in [-0.15, -0.1) is 0 Å². The molecule has 1 N–H and O–H groups in total. The van der Waals surface area contributed by atoms with Crippen LogP contribution in [0, 0.1) is 0 Å². The summed E-state index contributed by atoms with van der Waals surface area (Å²) in [6.45, 7) is 1.68. The van der Waals surface area contributed by atoms with Crippen molar-refractivity contribution in [1.82, 2.24) is 0 Å². The van der Waals surface area contributed by atoms with E-state index in [9.17, 15) is 17.3 Å². The number of methoxy groups -OCH3 is 1. The van der Waals surface area contributed by atoms with Crippen molar-refractivity contribution >= 4 is 18.2 Å². The molecule has 2 aromatic carbocycles. The molecule has 0 amide bonds. The molecule has 4 rings (SSSR count). The third-order valence-electron chi connectivity index (χ3n) is 4.59. The minimum absolute atomic E-state index is 0.292. The Kier molecular flexibility index (Phi) is 7.15. The lowest BCUT2D eigenvalue weighted by Crippen LogP contribution is -2.79. The number of rotatable bonds is 4. The molecule has 9 heteroatoms. The fourth-order valence-electron chi connectivity index (χ4n) is 3.21. The van der Waals surface area contributed by atoms with Crippen LogP contribution in [0.1, 0.15) is 12.8 Å². The van der Waals surface area contributed by atoms with Gasteiger partial charge in [-0.3, -0.25) is 0 Å². The zero-order chi connectivity index (χ0) is 21.6. The first-order valence-electron chi connectivity index (χ1n) is 9.56. The van der Waals surface area contributed by atoms with Crippen molar-refractivity contribution in [2.75, 3.05) is 20.3 Å². The van der Waals surface area contributed by atoms with Gasteiger partial charge in [0.25, 0.3) is 0 Å². The summed E-state index contributed by atoms with van der Waals surface area (Å²) in [5.74, 6) is 1.66. The quantitative estimate of drug-likeness (QED) is 0.516. The normalized spacial score (nSPS) is 17.0. The van der Waals surface area contributed by atoms with E-state index in [1.165, 1.54) is 0 Å². The van der Waals surface area contributed by atoms with Gasteiger partial charge in [0.15, 0.2) is 6.54 Å². The summed E-state index contributed by atoms with van der Waals surface area (Å²) in [6, 6.07) is 18.1. The van der Waals surface area contributed by atoms with Crippen LogP contribution in [-0.2, 0) is 4.74 Å². The van der Waals surface area contributed by atoms with Crippen molar-refractivity contribution in [3.8, 4) is 17.1 Å². The summed E-state index contributed by atoms with van der Waals surface area (Å²) >= 11 is 0. The van der Waals surface area contributed by atoms with Crippen molar-refractivity contribution in [3.05, 3.63) is 60.0 Å². The van der Waals surface area contributed by atoms with Gasteiger partial charge in [0.2, 0.25) is 5.36 Å². The zero-order valence-corrected chi connectivity index (χ0v) is 16.4. The number of fused-ring (bicyclic) bond motifs is 1. The van der Waals surface area contributed by atoms with Gasteiger partial charge in [0.1, 0.15) is 23.2 Å². The Morgan fingerprint density at radius 2 is 1.77 bits per heavy atom. The number of nitrogens with one attached hydrogen (secondary N) is 1. The summed E-state index contributed by atoms with van der Waals surface area (Å²) in [6.07, 6.45) is 2.56. The molecule has 0 bridgehead atoms. The molecule has 0 spiro atoms. The molecule has 30 heavy (non-hydrogen) atoms. The number of halogens is 4. The van der Waals surface area contributed by atoms with E-state index in [2.05, 4.69) is 17.1 Å². The molecular weight excluding hydrogens is 401 g/mol. The highest BCUT2D eigenvalue weighted by Gasteiger charge is 2.20. The lowest BCUT2D eigenvalue weighted by molar-refractivity contribution is -0.509. The summed E-state index contributed by atoms with van der Waals surface area (Å²) in [4.78, 5) is 3.55. The lowest BCUT2D eigenvalue weighted by Gasteiger charge is -2.05. The summed E-state index contributed by atoms with van der Waals surface area (Å²) in [5.41, 5.74) is 1.89. The van der Waals surface area contributed by atoms with E-state index in [-0.39, 0.29) is 0 Å². The summed E-state index contributed by atoms with van der Waals surface area (Å²) in [5, 5.41) is 2.15. The average Bonchev–Trinajstić information content (AvgIpc) is 3.24. The molecule has 1 aromatic heterocycles. The van der Waals surface area contributed by atoms with Gasteiger partial charge in [-0.25, -0.2) is 4.99 Å². The molecule has 1 aliphatic heterocycles. The first-order chi connectivity index (χ1) is 14.3. The maximum absolute atomic E-state index is 9.75. The third kappa shape index (κ3) is 6.35. The van der Waals surface area contributed by atoms with E-state index in [0.29, 0.717) is 6.10 Å². The fourth-order valence-corrected chi connectivity index (χ4v) is 3.21. The van der Waals surface area contributed by atoms with Crippen LogP contribution in [-0.4, -0.2) is 33.6 Å². The van der Waals surface area contributed by atoms with Gasteiger partial charge in [0.05, 0.1) is 18.6 Å². The predicted molar refractivity (Wildman–Crippen MR) is 106 cm³/mol. The van der Waals surface area contributed by atoms with Crippen LogP contribution in [0.2, 0.25) is 0 Å². The molecule has 0 radical (unpaired) electrons. The zero-order valence-electron chi connectivity index (χ0n) is 16.4. The number of ether oxygens (including phenoxy) is 2. The second kappa shape index (κ2) is 9.80. The van der Waals surface area contributed by atoms with Crippen LogP contribution in [0.3, 0.4) is 0 Å². The van der Waals surface area contributed by atoms with E-state index >= 15 is 0 Å². The van der Waals surface area contributed by atoms with E-state index in [1.54, 1.807) is 7.11 Å². The number of hydrogen-bond acceptors (Lipinski definition) is 3. The molecule has 4 nitrogen and oxygen atoms in total. The Balaban J connectivity index is 0.000000461. The highest BCUT2D eigenvalue weighted by atomic mass is 19.5. The van der Waals surface area contributed by atoms with E-state index < -0.39 is 7.25 Å². The van der Waals surface area contributed by atoms with Crippen molar-refractivity contribution in [1.29, 1.82) is 0 Å². The number of hydrogen-bond donors (Lipinski definition) is 1. The smallest absolute Gasteiger partial charge is 0.497 e. The monoisotopic (exact) mass is 423 g/mol. The van der Waals surface area contributed by atoms with Crippen LogP contribution in [0.5, 0.6) is 5.75 Å². The first-order valence-corrected chi connectivity index (χ1v) is 9.56. The third-order valence-corrected chi connectivity index (χ3v) is 4.59. The fraction of sp³-hybridized carbons (Fsp3) is 0.286. The molecule has 1 fully saturated rings. The Morgan fingerprint density at radius 1 is 1.07 bits per heavy atom. The van der Waals surface area contributed by atoms with Gasteiger partial charge in [-0.1, -0.05) is 12.1 Å². The molecule has 0 aliphatic carbocycles. The largest absolute Gasteiger partial charge is 0.673 e. The van der Waals surface area contributed by atoms with Gasteiger partial charge < -0.3 is 31.2 Å². The molecule has 1 saturated heterocycles. The first kappa shape index (κ1) is 21.9. The average molecular weight is 423 g/mol. The highest BCUT2D eigenvalue weighted by Crippen LogP contribution is 2.23. The van der Waals surface area contributed by atoms with Gasteiger partial charge in [-0.05, 0) is 49.2 Å². The van der Waals surface area contributed by atoms with Crippen LogP contribution in [0.4, 0.5) is 17.3 Å². The Morgan fingerprint density at radius 3 is 2.40 bits per heavy atom. The second-order valence-electron chi connectivity index (χ2n) is 6.76. The molecule has 2 heterocycles. The summed E-state index contributed by atoms with van der Waals surface area (Å²) in [7, 11) is -4.33. The maximum Gasteiger partial charge on any atom is 0.673 e. The van der Waals surface area contributed by atoms with Gasteiger partial charge in [-0.2, -0.15) is 0 Å². The molecule has 0 saturated carbocycles. The van der Waals surface area contributed by atoms with Gasteiger partial charge >= 0.3 is 7.25 Å². The lowest BCUT2D eigenvalue weighted by atomic mass is 10.1. The molecular formula is C21H22BF4NO3. The highest BCUT2D eigenvalue weighted by molar-refractivity contribution is 6.50. The molecule has 1 aliphatic rings. The van der Waals surface area contributed by atoms with E-state index in [1.807, 2.05) is 42.5 Å². The molecule has 3 aromatic rings. The number of para-hydroxylation sites is 1. The van der Waals surface area contributed by atoms with Crippen molar-refractivity contribution < 1.29 is 36.1 Å². The Bertz CT molecular complexity index is 1020. The minimum atomic E-state index is -6.00. The minimum Gasteiger partial charge on any atom is -0.497 e. The Labute approximate surface area is 171 Å². The SMILES string of the molecule is COc1ccc(-c2cc(=[NH+]CC3CCCO3)c3ccccc3o2)cc1.F[B-](F)(F)F. The van der Waals surface area contributed by atoms with Crippen molar-refractivity contribution in [2.24, 2.45) is 0 Å². The van der Waals surface area contributed by atoms with Crippen LogP contribution in [0.25, 0.3) is 22.3 Å². The van der Waals surface area contributed by atoms with Crippen LogP contribution >= 0.6 is 0 Å². The maximum atomic E-state index is 9.75. The summed E-state index contributed by atoms with van der Waals surface area (Å²) < 4.78 is 56.1. The molecule has 160 valence electrons. The molecule has 1 unspecified atom stereocenters. The molecule has 1 atom stereocenters. The standard InChI is InChI=1S/C21H21NO3.BF4/c1-23-16-10-8-15(9-11-16)21-13-19(22-14-17-5-4-12-24-17)18-6-2-3-7-20(18)25-21;2-1(3,4)5/h2-3,6-11,13,17H,4-5,12,14H2,1H3;/q;-1/p+1. The number of benzene rings is 2. The van der Waals surface area contributed by atoms with Crippen molar-refractivity contribution in [2.45, 2.75) is 18.9 Å². The van der Waals surface area contributed by atoms with E-state index in [0.717, 1.165) is 59.4 Å². The second-order valence-corrected chi connectivity index (χ2v) is 6.76. The van der Waals surface area contributed by atoms with Crippen molar-refractivity contribution in [3.63, 3.8) is 0 Å². The van der Waals surface area contributed by atoms with Crippen LogP contribution in [0.15, 0.2) is 59.0 Å². The Hall–Kier alpha value is -2.81. The van der Waals surface area contributed by atoms with Gasteiger partial charge in [0, 0.05) is 12.2 Å².